The van der Waals surface area contributed by atoms with E-state index in [1.807, 2.05) is 13.0 Å². The van der Waals surface area contributed by atoms with Gasteiger partial charge in [-0.3, -0.25) is 0 Å². The molecule has 3 unspecified atom stereocenters. The van der Waals surface area contributed by atoms with Crippen LogP contribution in [0.4, 0.5) is 0 Å². The maximum atomic E-state index is 5.47. The van der Waals surface area contributed by atoms with E-state index in [1.54, 1.807) is 0 Å². The molecule has 1 aliphatic carbocycles. The summed E-state index contributed by atoms with van der Waals surface area (Å²) in [5.74, 6) is 1.85. The second kappa shape index (κ2) is 5.36. The zero-order valence-electron chi connectivity index (χ0n) is 10.2. The Balaban J connectivity index is 2.47. The van der Waals surface area contributed by atoms with E-state index in [-0.39, 0.29) is 0 Å². The topological polar surface area (TPSA) is 29.3 Å². The van der Waals surface area contributed by atoms with Crippen LogP contribution in [0, 0.1) is 11.8 Å². The highest BCUT2D eigenvalue weighted by atomic mass is 15.1. The lowest BCUT2D eigenvalue weighted by Crippen LogP contribution is -2.27. The molecule has 3 atom stereocenters. The zero-order valence-corrected chi connectivity index (χ0v) is 10.2. The fourth-order valence-corrected chi connectivity index (χ4v) is 2.10. The third-order valence-electron chi connectivity index (χ3n) is 3.24. The highest BCUT2D eigenvalue weighted by Gasteiger charge is 2.34. The van der Waals surface area contributed by atoms with Gasteiger partial charge in [0.05, 0.1) is 0 Å². The lowest BCUT2D eigenvalue weighted by molar-refractivity contribution is 0.327. The van der Waals surface area contributed by atoms with Crippen molar-refractivity contribution in [1.29, 1.82) is 0 Å². The molecule has 0 radical (unpaired) electrons. The Morgan fingerprint density at radius 3 is 2.67 bits per heavy atom. The minimum absolute atomic E-state index is 0.542. The van der Waals surface area contributed by atoms with Gasteiger partial charge in [-0.2, -0.15) is 0 Å². The van der Waals surface area contributed by atoms with Crippen molar-refractivity contribution in [3.63, 3.8) is 0 Å². The van der Waals surface area contributed by atoms with Gasteiger partial charge in [-0.05, 0) is 38.5 Å². The van der Waals surface area contributed by atoms with Crippen LogP contribution in [0.15, 0.2) is 24.6 Å². The van der Waals surface area contributed by atoms with Gasteiger partial charge >= 0.3 is 0 Å². The molecule has 1 aliphatic rings. The molecule has 0 aromatic rings. The molecule has 0 aromatic carbocycles. The molecule has 1 fully saturated rings. The van der Waals surface area contributed by atoms with Gasteiger partial charge in [0.25, 0.3) is 0 Å². The first-order valence-electron chi connectivity index (χ1n) is 5.86. The van der Waals surface area contributed by atoms with Crippen LogP contribution in [0.5, 0.6) is 0 Å². The van der Waals surface area contributed by atoms with E-state index < -0.39 is 0 Å². The largest absolute Gasteiger partial charge is 0.350 e. The minimum Gasteiger partial charge on any atom is -0.350 e. The molecule has 0 bridgehead atoms. The molecule has 0 aromatic heterocycles. The van der Waals surface area contributed by atoms with E-state index in [1.165, 1.54) is 12.8 Å². The number of nitrogens with two attached hydrogens (primary N) is 1. The lowest BCUT2D eigenvalue weighted by atomic mass is 10.1. The van der Waals surface area contributed by atoms with Crippen LogP contribution in [0.1, 0.15) is 33.6 Å². The maximum Gasteiger partial charge on any atom is 0.0307 e. The fourth-order valence-electron chi connectivity index (χ4n) is 2.10. The number of rotatable bonds is 6. The average Bonchev–Trinajstić information content (AvgIpc) is 2.81. The van der Waals surface area contributed by atoms with E-state index in [0.717, 1.165) is 17.5 Å². The first-order chi connectivity index (χ1) is 7.06. The maximum absolute atomic E-state index is 5.47. The van der Waals surface area contributed by atoms with Gasteiger partial charge in [0.1, 0.15) is 0 Å². The van der Waals surface area contributed by atoms with Crippen molar-refractivity contribution in [3.05, 3.63) is 24.6 Å². The lowest BCUT2D eigenvalue weighted by Gasteiger charge is -2.28. The second-order valence-electron chi connectivity index (χ2n) is 4.82. The van der Waals surface area contributed by atoms with Crippen molar-refractivity contribution in [1.82, 2.24) is 4.90 Å². The van der Waals surface area contributed by atoms with E-state index in [2.05, 4.69) is 31.5 Å². The molecule has 2 heteroatoms. The molecule has 1 rings (SSSR count). The summed E-state index contributed by atoms with van der Waals surface area (Å²) in [6.45, 7) is 11.2. The Bertz CT molecular complexity index is 245. The average molecular weight is 208 g/mol. The van der Waals surface area contributed by atoms with Gasteiger partial charge in [-0.1, -0.05) is 19.6 Å². The molecular weight excluding hydrogens is 184 g/mol. The van der Waals surface area contributed by atoms with Gasteiger partial charge in [0.2, 0.25) is 0 Å². The van der Waals surface area contributed by atoms with Gasteiger partial charge in [-0.15, -0.1) is 0 Å². The summed E-state index contributed by atoms with van der Waals surface area (Å²) in [6.07, 6.45) is 6.72. The van der Waals surface area contributed by atoms with Crippen LogP contribution < -0.4 is 5.73 Å². The SMILES string of the molecule is C=C(C)N(/C=C\CN)C(C)CC1CC1C. The van der Waals surface area contributed by atoms with E-state index in [0.29, 0.717) is 12.6 Å². The summed E-state index contributed by atoms with van der Waals surface area (Å²) in [5.41, 5.74) is 6.57. The smallest absolute Gasteiger partial charge is 0.0307 e. The highest BCUT2D eigenvalue weighted by Crippen LogP contribution is 2.42. The molecular formula is C13H24N2. The molecule has 0 aliphatic heterocycles. The van der Waals surface area contributed by atoms with Crippen LogP contribution in [0.25, 0.3) is 0 Å². The van der Waals surface area contributed by atoms with Crippen molar-refractivity contribution < 1.29 is 0 Å². The predicted octanol–water partition coefficient (Wildman–Crippen LogP) is 2.73. The Morgan fingerprint density at radius 1 is 1.67 bits per heavy atom. The summed E-state index contributed by atoms with van der Waals surface area (Å²) in [6, 6.07) is 0.542. The first-order valence-corrected chi connectivity index (χ1v) is 5.86. The molecule has 2 nitrogen and oxygen atoms in total. The molecule has 0 saturated heterocycles. The summed E-state index contributed by atoms with van der Waals surface area (Å²) in [4.78, 5) is 2.23. The van der Waals surface area contributed by atoms with E-state index >= 15 is 0 Å². The Labute approximate surface area is 93.8 Å². The number of hydrogen-bond donors (Lipinski definition) is 1. The van der Waals surface area contributed by atoms with Crippen molar-refractivity contribution in [2.45, 2.75) is 39.7 Å². The minimum atomic E-state index is 0.542. The van der Waals surface area contributed by atoms with Crippen molar-refractivity contribution in [2.75, 3.05) is 6.54 Å². The van der Waals surface area contributed by atoms with Gasteiger partial charge < -0.3 is 10.6 Å². The molecule has 0 heterocycles. The summed E-state index contributed by atoms with van der Waals surface area (Å²) in [5, 5.41) is 0. The number of hydrogen-bond acceptors (Lipinski definition) is 2. The van der Waals surface area contributed by atoms with Gasteiger partial charge in [-0.25, -0.2) is 0 Å². The molecule has 0 amide bonds. The van der Waals surface area contributed by atoms with Crippen molar-refractivity contribution in [3.8, 4) is 0 Å². The first kappa shape index (κ1) is 12.3. The predicted molar refractivity (Wildman–Crippen MR) is 66.2 cm³/mol. The van der Waals surface area contributed by atoms with E-state index in [9.17, 15) is 0 Å². The molecule has 86 valence electrons. The summed E-state index contributed by atoms with van der Waals surface area (Å²) >= 11 is 0. The summed E-state index contributed by atoms with van der Waals surface area (Å²) < 4.78 is 0. The highest BCUT2D eigenvalue weighted by molar-refractivity contribution is 5.01. The van der Waals surface area contributed by atoms with Crippen LogP contribution in [0.3, 0.4) is 0 Å². The van der Waals surface area contributed by atoms with Crippen molar-refractivity contribution >= 4 is 0 Å². The summed E-state index contributed by atoms with van der Waals surface area (Å²) in [7, 11) is 0. The Hall–Kier alpha value is -0.760. The van der Waals surface area contributed by atoms with Gasteiger partial charge in [0.15, 0.2) is 0 Å². The Kier molecular flexibility index (Phi) is 4.40. The quantitative estimate of drug-likeness (QED) is 0.727. The monoisotopic (exact) mass is 208 g/mol. The zero-order chi connectivity index (χ0) is 11.4. The number of allylic oxidation sites excluding steroid dienone is 1. The fraction of sp³-hybridized carbons (Fsp3) is 0.692. The van der Waals surface area contributed by atoms with Crippen LogP contribution in [-0.2, 0) is 0 Å². The molecule has 1 saturated carbocycles. The van der Waals surface area contributed by atoms with Crippen LogP contribution in [-0.4, -0.2) is 17.5 Å². The Morgan fingerprint density at radius 2 is 2.27 bits per heavy atom. The third kappa shape index (κ3) is 3.71. The standard InChI is InChI=1S/C13H24N2/c1-10(2)15(7-5-6-14)12(4)9-13-8-11(13)3/h5,7,11-13H,1,6,8-9,14H2,2-4H3/b7-5-. The third-order valence-corrected chi connectivity index (χ3v) is 3.24. The molecule has 15 heavy (non-hydrogen) atoms. The van der Waals surface area contributed by atoms with Crippen LogP contribution >= 0.6 is 0 Å². The van der Waals surface area contributed by atoms with Crippen LogP contribution in [0.2, 0.25) is 0 Å². The van der Waals surface area contributed by atoms with E-state index in [4.69, 9.17) is 5.73 Å². The van der Waals surface area contributed by atoms with Crippen molar-refractivity contribution in [2.24, 2.45) is 17.6 Å². The molecule has 0 spiro atoms. The number of nitrogens with zero attached hydrogens (tertiary/aromatic N) is 1. The molecule has 2 N–H and O–H groups in total. The second-order valence-corrected chi connectivity index (χ2v) is 4.82. The normalized spacial score (nSPS) is 26.7. The van der Waals surface area contributed by atoms with Gasteiger partial charge in [0, 0.05) is 24.5 Å².